The summed E-state index contributed by atoms with van der Waals surface area (Å²) in [6.07, 6.45) is 0.196. The molecule has 0 aliphatic carbocycles. The number of benzene rings is 1. The van der Waals surface area contributed by atoms with Gasteiger partial charge in [0.25, 0.3) is 0 Å². The zero-order valence-electron chi connectivity index (χ0n) is 14.9. The number of rotatable bonds is 4. The second-order valence-corrected chi connectivity index (χ2v) is 8.00. The van der Waals surface area contributed by atoms with Crippen LogP contribution in [0.3, 0.4) is 0 Å². The highest BCUT2D eigenvalue weighted by molar-refractivity contribution is 7.13. The van der Waals surface area contributed by atoms with Gasteiger partial charge in [-0.1, -0.05) is 39.0 Å². The van der Waals surface area contributed by atoms with Crippen molar-refractivity contribution >= 4 is 22.9 Å². The van der Waals surface area contributed by atoms with E-state index in [2.05, 4.69) is 31.1 Å². The Morgan fingerprint density at radius 2 is 1.92 bits per heavy atom. The first-order valence-corrected chi connectivity index (χ1v) is 9.11. The minimum atomic E-state index is -0.0994. The molecule has 0 saturated carbocycles. The first kappa shape index (κ1) is 17.4. The highest BCUT2D eigenvalue weighted by Crippen LogP contribution is 2.26. The van der Waals surface area contributed by atoms with Crippen molar-refractivity contribution in [1.29, 1.82) is 0 Å². The Bertz CT molecular complexity index is 856. The quantitative estimate of drug-likeness (QED) is 0.701. The zero-order valence-corrected chi connectivity index (χ0v) is 15.7. The summed E-state index contributed by atoms with van der Waals surface area (Å²) >= 11 is 1.57. The van der Waals surface area contributed by atoms with Crippen molar-refractivity contribution < 1.29 is 9.21 Å². The zero-order chi connectivity index (χ0) is 18.0. The van der Waals surface area contributed by atoms with Gasteiger partial charge in [0.15, 0.2) is 0 Å². The van der Waals surface area contributed by atoms with Crippen LogP contribution < -0.4 is 5.32 Å². The van der Waals surface area contributed by atoms with Gasteiger partial charge in [0.05, 0.1) is 17.0 Å². The maximum atomic E-state index is 12.3. The molecule has 3 aromatic rings. The summed E-state index contributed by atoms with van der Waals surface area (Å²) in [5.74, 6) is 1.16. The number of anilines is 1. The van der Waals surface area contributed by atoms with Crippen LogP contribution in [0.1, 0.15) is 37.8 Å². The third-order valence-electron chi connectivity index (χ3n) is 3.99. The third kappa shape index (κ3) is 4.17. The Morgan fingerprint density at radius 3 is 2.52 bits per heavy atom. The van der Waals surface area contributed by atoms with Crippen LogP contribution in [0.25, 0.3) is 10.8 Å². The Balaban J connectivity index is 1.67. The fourth-order valence-electron chi connectivity index (χ4n) is 2.51. The number of nitrogens with one attached hydrogen (secondary N) is 1. The van der Waals surface area contributed by atoms with Crippen molar-refractivity contribution in [2.45, 2.75) is 39.5 Å². The van der Waals surface area contributed by atoms with Crippen LogP contribution in [0.2, 0.25) is 0 Å². The molecule has 0 aliphatic heterocycles. The number of hydrogen-bond donors (Lipinski definition) is 1. The monoisotopic (exact) mass is 354 g/mol. The molecule has 0 bridgehead atoms. The van der Waals surface area contributed by atoms with Crippen molar-refractivity contribution in [2.75, 3.05) is 5.32 Å². The van der Waals surface area contributed by atoms with E-state index in [0.717, 1.165) is 10.6 Å². The van der Waals surface area contributed by atoms with Crippen LogP contribution in [0.15, 0.2) is 46.2 Å². The van der Waals surface area contributed by atoms with Crippen LogP contribution >= 0.6 is 11.3 Å². The van der Waals surface area contributed by atoms with Gasteiger partial charge in [-0.05, 0) is 41.5 Å². The van der Waals surface area contributed by atoms with Crippen molar-refractivity contribution in [2.24, 2.45) is 0 Å². The lowest BCUT2D eigenvalue weighted by Gasteiger charge is -2.19. The summed E-state index contributed by atoms with van der Waals surface area (Å²) in [6.45, 7) is 8.34. The maximum Gasteiger partial charge on any atom is 0.236 e. The molecular formula is C20H22N2O2S. The largest absolute Gasteiger partial charge is 0.440 e. The molecule has 130 valence electrons. The normalized spacial score (nSPS) is 11.5. The summed E-state index contributed by atoms with van der Waals surface area (Å²) in [4.78, 5) is 17.7. The van der Waals surface area contributed by atoms with Gasteiger partial charge in [0.2, 0.25) is 11.8 Å². The summed E-state index contributed by atoms with van der Waals surface area (Å²) in [7, 11) is 0. The Hall–Kier alpha value is -2.40. The van der Waals surface area contributed by atoms with Crippen molar-refractivity contribution in [1.82, 2.24) is 4.98 Å². The van der Waals surface area contributed by atoms with E-state index in [9.17, 15) is 4.79 Å². The number of thiophene rings is 1. The Labute approximate surface area is 151 Å². The topological polar surface area (TPSA) is 55.1 Å². The number of oxazole rings is 1. The Kier molecular flexibility index (Phi) is 4.77. The predicted octanol–water partition coefficient (Wildman–Crippen LogP) is 5.19. The van der Waals surface area contributed by atoms with Crippen LogP contribution in [-0.4, -0.2) is 10.9 Å². The molecule has 0 radical (unpaired) electrons. The van der Waals surface area contributed by atoms with Crippen LogP contribution in [0.5, 0.6) is 0 Å². The molecule has 0 fully saturated rings. The maximum absolute atomic E-state index is 12.3. The first-order chi connectivity index (χ1) is 11.8. The highest BCUT2D eigenvalue weighted by Gasteiger charge is 2.16. The third-order valence-corrected chi connectivity index (χ3v) is 4.85. The van der Waals surface area contributed by atoms with Crippen molar-refractivity contribution in [3.05, 3.63) is 58.8 Å². The lowest BCUT2D eigenvalue weighted by Crippen LogP contribution is -2.16. The van der Waals surface area contributed by atoms with Gasteiger partial charge >= 0.3 is 0 Å². The summed E-state index contributed by atoms with van der Waals surface area (Å²) < 4.78 is 5.68. The van der Waals surface area contributed by atoms with Crippen molar-refractivity contribution in [3.63, 3.8) is 0 Å². The molecule has 3 rings (SSSR count). The number of carbonyl (C=O) groups excluding carboxylic acids is 1. The average Bonchev–Trinajstić information content (AvgIpc) is 3.17. The lowest BCUT2D eigenvalue weighted by atomic mass is 9.87. The molecule has 0 unspecified atom stereocenters. The van der Waals surface area contributed by atoms with E-state index in [0.29, 0.717) is 17.3 Å². The highest BCUT2D eigenvalue weighted by atomic mass is 32.1. The molecule has 2 heterocycles. The molecule has 2 aromatic heterocycles. The fourth-order valence-corrected chi connectivity index (χ4v) is 3.16. The average molecular weight is 354 g/mol. The predicted molar refractivity (Wildman–Crippen MR) is 102 cm³/mol. The van der Waals surface area contributed by atoms with E-state index >= 15 is 0 Å². The number of aromatic nitrogens is 1. The van der Waals surface area contributed by atoms with Gasteiger partial charge in [-0.2, -0.15) is 0 Å². The summed E-state index contributed by atoms with van der Waals surface area (Å²) in [5, 5.41) is 4.90. The number of hydrogen-bond acceptors (Lipinski definition) is 4. The molecule has 0 spiro atoms. The second-order valence-electron chi connectivity index (χ2n) is 7.05. The first-order valence-electron chi connectivity index (χ1n) is 8.23. The smallest absolute Gasteiger partial charge is 0.236 e. The van der Waals surface area contributed by atoms with Gasteiger partial charge in [0.1, 0.15) is 5.76 Å². The molecule has 5 heteroatoms. The standard InChI is InChI=1S/C20H22N2O2S/c1-13-16(22-19(24-13)17-6-5-11-25-17)12-18(23)21-15-9-7-14(8-10-15)20(2,3)4/h5-11H,12H2,1-4H3,(H,21,23). The number of amides is 1. The van der Waals surface area contributed by atoms with E-state index in [1.54, 1.807) is 11.3 Å². The van der Waals surface area contributed by atoms with Crippen molar-refractivity contribution in [3.8, 4) is 10.8 Å². The molecule has 25 heavy (non-hydrogen) atoms. The van der Waals surface area contributed by atoms with Crippen LogP contribution in [0, 0.1) is 6.92 Å². The molecule has 4 nitrogen and oxygen atoms in total. The van der Waals surface area contributed by atoms with E-state index in [4.69, 9.17) is 4.42 Å². The molecule has 1 aromatic carbocycles. The van der Waals surface area contributed by atoms with Crippen LogP contribution in [0.4, 0.5) is 5.69 Å². The number of carbonyl (C=O) groups is 1. The minimum absolute atomic E-state index is 0.0958. The Morgan fingerprint density at radius 1 is 1.20 bits per heavy atom. The van der Waals surface area contributed by atoms with E-state index < -0.39 is 0 Å². The number of nitrogens with zero attached hydrogens (tertiary/aromatic N) is 1. The molecule has 0 saturated heterocycles. The lowest BCUT2D eigenvalue weighted by molar-refractivity contribution is -0.115. The molecule has 0 aliphatic rings. The van der Waals surface area contributed by atoms with Crippen LogP contribution in [-0.2, 0) is 16.6 Å². The SMILES string of the molecule is Cc1oc(-c2cccs2)nc1CC(=O)Nc1ccc(C(C)(C)C)cc1. The fraction of sp³-hybridized carbons (Fsp3) is 0.300. The van der Waals surface area contributed by atoms with Gasteiger partial charge in [-0.15, -0.1) is 11.3 Å². The second kappa shape index (κ2) is 6.84. The molecule has 1 amide bonds. The summed E-state index contributed by atoms with van der Waals surface area (Å²) in [6, 6.07) is 11.9. The number of aryl methyl sites for hydroxylation is 1. The van der Waals surface area contributed by atoms with Gasteiger partial charge < -0.3 is 9.73 Å². The molecule has 1 N–H and O–H groups in total. The van der Waals surface area contributed by atoms with Gasteiger partial charge in [-0.3, -0.25) is 4.79 Å². The summed E-state index contributed by atoms with van der Waals surface area (Å²) in [5.41, 5.74) is 2.79. The molecular weight excluding hydrogens is 332 g/mol. The van der Waals surface area contributed by atoms with E-state index in [1.165, 1.54) is 5.56 Å². The molecule has 0 atom stereocenters. The van der Waals surface area contributed by atoms with Gasteiger partial charge in [-0.25, -0.2) is 4.98 Å². The van der Waals surface area contributed by atoms with E-state index in [-0.39, 0.29) is 17.7 Å². The van der Waals surface area contributed by atoms with Gasteiger partial charge in [0, 0.05) is 5.69 Å². The van der Waals surface area contributed by atoms with E-state index in [1.807, 2.05) is 48.7 Å². The minimum Gasteiger partial charge on any atom is -0.440 e.